The molecule has 1 saturated heterocycles. The van der Waals surface area contributed by atoms with Gasteiger partial charge in [-0.3, -0.25) is 4.98 Å². The zero-order valence-corrected chi connectivity index (χ0v) is 13.8. The van der Waals surface area contributed by atoms with Crippen LogP contribution in [0.25, 0.3) is 11.3 Å². The summed E-state index contributed by atoms with van der Waals surface area (Å²) in [5, 5.41) is 6.93. The zero-order chi connectivity index (χ0) is 16.1. The lowest BCUT2D eigenvalue weighted by molar-refractivity contribution is 0.0699. The Morgan fingerprint density at radius 3 is 2.83 bits per heavy atom. The Labute approximate surface area is 140 Å². The molecule has 2 aromatic rings. The van der Waals surface area contributed by atoms with Crippen molar-refractivity contribution in [1.29, 1.82) is 0 Å². The molecule has 2 aromatic heterocycles. The predicted octanol–water partition coefficient (Wildman–Crippen LogP) is 3.07. The highest BCUT2D eigenvalue weighted by molar-refractivity contribution is 6.33. The van der Waals surface area contributed by atoms with E-state index in [2.05, 4.69) is 25.6 Å². The number of ether oxygens (including phenoxy) is 1. The third-order valence-electron chi connectivity index (χ3n) is 3.93. The molecule has 23 heavy (non-hydrogen) atoms. The van der Waals surface area contributed by atoms with Gasteiger partial charge in [0.15, 0.2) is 0 Å². The molecule has 3 rings (SSSR count). The summed E-state index contributed by atoms with van der Waals surface area (Å²) in [4.78, 5) is 13.1. The summed E-state index contributed by atoms with van der Waals surface area (Å²) in [6.45, 7) is 2.57. The molecule has 3 heterocycles. The van der Waals surface area contributed by atoms with E-state index in [0.717, 1.165) is 55.5 Å². The van der Waals surface area contributed by atoms with Gasteiger partial charge in [-0.05, 0) is 24.8 Å². The van der Waals surface area contributed by atoms with Crippen molar-refractivity contribution < 1.29 is 4.74 Å². The molecule has 0 atom stereocenters. The molecular formula is C16H20ClN5O. The van der Waals surface area contributed by atoms with Crippen LogP contribution in [-0.4, -0.2) is 41.8 Å². The largest absolute Gasteiger partial charge is 0.381 e. The number of pyridine rings is 1. The van der Waals surface area contributed by atoms with E-state index in [4.69, 9.17) is 16.3 Å². The summed E-state index contributed by atoms with van der Waals surface area (Å²) in [5.41, 5.74) is 1.54. The van der Waals surface area contributed by atoms with Gasteiger partial charge in [-0.1, -0.05) is 11.6 Å². The van der Waals surface area contributed by atoms with Gasteiger partial charge in [-0.25, -0.2) is 9.97 Å². The van der Waals surface area contributed by atoms with Crippen LogP contribution >= 0.6 is 11.6 Å². The Kier molecular flexibility index (Phi) is 5.25. The second-order valence-corrected chi connectivity index (χ2v) is 5.93. The molecule has 0 amide bonds. The highest BCUT2D eigenvalue weighted by Gasteiger charge is 2.14. The van der Waals surface area contributed by atoms with Gasteiger partial charge in [0.05, 0.1) is 23.1 Å². The lowest BCUT2D eigenvalue weighted by Crippen LogP contribution is -2.23. The van der Waals surface area contributed by atoms with E-state index in [1.54, 1.807) is 18.6 Å². The zero-order valence-electron chi connectivity index (χ0n) is 13.1. The molecule has 6 nitrogen and oxygen atoms in total. The molecule has 0 radical (unpaired) electrons. The van der Waals surface area contributed by atoms with E-state index >= 15 is 0 Å². The Bertz CT molecular complexity index is 661. The first kappa shape index (κ1) is 16.0. The molecule has 1 aliphatic heterocycles. The van der Waals surface area contributed by atoms with Crippen LogP contribution in [0.4, 0.5) is 11.6 Å². The van der Waals surface area contributed by atoms with Crippen LogP contribution < -0.4 is 10.6 Å². The van der Waals surface area contributed by atoms with Crippen LogP contribution in [-0.2, 0) is 4.74 Å². The van der Waals surface area contributed by atoms with Crippen molar-refractivity contribution >= 4 is 23.2 Å². The first-order chi connectivity index (χ1) is 11.3. The van der Waals surface area contributed by atoms with E-state index < -0.39 is 0 Å². The fourth-order valence-electron chi connectivity index (χ4n) is 2.55. The maximum absolute atomic E-state index is 6.25. The predicted molar refractivity (Wildman–Crippen MR) is 91.9 cm³/mol. The van der Waals surface area contributed by atoms with Gasteiger partial charge in [-0.15, -0.1) is 0 Å². The molecule has 0 unspecified atom stereocenters. The van der Waals surface area contributed by atoms with Crippen LogP contribution in [0.2, 0.25) is 5.02 Å². The SMILES string of the molecule is CNc1cc(-c2cncc(NCC3CCOCC3)n2)c(Cl)cn1. The summed E-state index contributed by atoms with van der Waals surface area (Å²) < 4.78 is 5.38. The minimum atomic E-state index is 0.555. The number of rotatable bonds is 5. The van der Waals surface area contributed by atoms with E-state index in [1.807, 2.05) is 13.1 Å². The first-order valence-corrected chi connectivity index (χ1v) is 8.11. The maximum atomic E-state index is 6.25. The summed E-state index contributed by atoms with van der Waals surface area (Å²) in [7, 11) is 1.82. The molecule has 0 spiro atoms. The highest BCUT2D eigenvalue weighted by atomic mass is 35.5. The van der Waals surface area contributed by atoms with Crippen LogP contribution in [0.5, 0.6) is 0 Å². The number of hydrogen-bond acceptors (Lipinski definition) is 6. The van der Waals surface area contributed by atoms with Crippen molar-refractivity contribution in [3.05, 3.63) is 29.7 Å². The number of nitrogens with one attached hydrogen (secondary N) is 2. The fraction of sp³-hybridized carbons (Fsp3) is 0.438. The molecular weight excluding hydrogens is 314 g/mol. The summed E-state index contributed by atoms with van der Waals surface area (Å²) in [6, 6.07) is 1.87. The van der Waals surface area contributed by atoms with E-state index in [-0.39, 0.29) is 0 Å². The molecule has 1 aliphatic rings. The average molecular weight is 334 g/mol. The summed E-state index contributed by atoms with van der Waals surface area (Å²) >= 11 is 6.25. The lowest BCUT2D eigenvalue weighted by Gasteiger charge is -2.22. The molecule has 122 valence electrons. The molecule has 0 aliphatic carbocycles. The van der Waals surface area contributed by atoms with Crippen LogP contribution in [0, 0.1) is 5.92 Å². The number of halogens is 1. The molecule has 0 bridgehead atoms. The van der Waals surface area contributed by atoms with Crippen molar-refractivity contribution in [2.24, 2.45) is 5.92 Å². The second kappa shape index (κ2) is 7.57. The number of nitrogens with zero attached hydrogens (tertiary/aromatic N) is 3. The van der Waals surface area contributed by atoms with Gasteiger partial charge in [-0.2, -0.15) is 0 Å². The molecule has 2 N–H and O–H groups in total. The third kappa shape index (κ3) is 4.09. The van der Waals surface area contributed by atoms with Crippen LogP contribution in [0.15, 0.2) is 24.7 Å². The van der Waals surface area contributed by atoms with Crippen molar-refractivity contribution in [1.82, 2.24) is 15.0 Å². The Balaban J connectivity index is 1.74. The smallest absolute Gasteiger partial charge is 0.145 e. The van der Waals surface area contributed by atoms with E-state index in [1.165, 1.54) is 0 Å². The Morgan fingerprint density at radius 1 is 1.22 bits per heavy atom. The molecule has 1 fully saturated rings. The normalized spacial score (nSPS) is 15.4. The Hall–Kier alpha value is -1.92. The minimum Gasteiger partial charge on any atom is -0.381 e. The first-order valence-electron chi connectivity index (χ1n) is 7.73. The quantitative estimate of drug-likeness (QED) is 0.876. The minimum absolute atomic E-state index is 0.555. The van der Waals surface area contributed by atoms with Crippen molar-refractivity contribution in [2.75, 3.05) is 37.4 Å². The molecule has 0 saturated carbocycles. The van der Waals surface area contributed by atoms with Crippen LogP contribution in [0.1, 0.15) is 12.8 Å². The summed E-state index contributed by atoms with van der Waals surface area (Å²) in [5.74, 6) is 2.12. The standard InChI is InChI=1S/C16H20ClN5O/c1-18-15-6-12(13(17)8-21-15)14-9-19-10-16(22-14)20-7-11-2-4-23-5-3-11/h6,8-11H,2-5,7H2,1H3,(H,18,21)(H,20,22). The fourth-order valence-corrected chi connectivity index (χ4v) is 2.75. The van der Waals surface area contributed by atoms with Gasteiger partial charge in [0.1, 0.15) is 11.6 Å². The van der Waals surface area contributed by atoms with E-state index in [9.17, 15) is 0 Å². The van der Waals surface area contributed by atoms with Gasteiger partial charge in [0.25, 0.3) is 0 Å². The number of anilines is 2. The Morgan fingerprint density at radius 2 is 2.04 bits per heavy atom. The van der Waals surface area contributed by atoms with Gasteiger partial charge < -0.3 is 15.4 Å². The molecule has 7 heteroatoms. The number of aromatic nitrogens is 3. The van der Waals surface area contributed by atoms with Gasteiger partial charge in [0, 0.05) is 38.6 Å². The monoisotopic (exact) mass is 333 g/mol. The van der Waals surface area contributed by atoms with Crippen LogP contribution in [0.3, 0.4) is 0 Å². The van der Waals surface area contributed by atoms with Gasteiger partial charge >= 0.3 is 0 Å². The maximum Gasteiger partial charge on any atom is 0.145 e. The average Bonchev–Trinajstić information content (AvgIpc) is 2.61. The van der Waals surface area contributed by atoms with Gasteiger partial charge in [0.2, 0.25) is 0 Å². The third-order valence-corrected chi connectivity index (χ3v) is 4.24. The topological polar surface area (TPSA) is 72.0 Å². The highest BCUT2D eigenvalue weighted by Crippen LogP contribution is 2.28. The van der Waals surface area contributed by atoms with Crippen molar-refractivity contribution in [3.63, 3.8) is 0 Å². The number of hydrogen-bond donors (Lipinski definition) is 2. The molecule has 0 aromatic carbocycles. The lowest BCUT2D eigenvalue weighted by atomic mass is 10.0. The van der Waals surface area contributed by atoms with Crippen molar-refractivity contribution in [3.8, 4) is 11.3 Å². The second-order valence-electron chi connectivity index (χ2n) is 5.53. The van der Waals surface area contributed by atoms with Crippen molar-refractivity contribution in [2.45, 2.75) is 12.8 Å². The van der Waals surface area contributed by atoms with E-state index in [0.29, 0.717) is 10.9 Å². The summed E-state index contributed by atoms with van der Waals surface area (Å²) in [6.07, 6.45) is 7.23.